The minimum atomic E-state index is -0.261. The summed E-state index contributed by atoms with van der Waals surface area (Å²) in [6.07, 6.45) is 1.64. The van der Waals surface area contributed by atoms with Gasteiger partial charge in [0.2, 0.25) is 12.7 Å². The Morgan fingerprint density at radius 3 is 2.92 bits per heavy atom. The zero-order valence-corrected chi connectivity index (χ0v) is 15.3. The predicted molar refractivity (Wildman–Crippen MR) is 97.6 cm³/mol. The third kappa shape index (κ3) is 4.87. The predicted octanol–water partition coefficient (Wildman–Crippen LogP) is 3.75. The van der Waals surface area contributed by atoms with Crippen molar-refractivity contribution in [1.82, 2.24) is 5.43 Å². The molecule has 0 radical (unpaired) electrons. The van der Waals surface area contributed by atoms with Gasteiger partial charge in [0.25, 0.3) is 0 Å². The standard InChI is InChI=1S/C17H14BrClN2O4/c18-12-2-1-3-13(7-12)23-5-4-17(22)21-20-9-11-6-15-16(8-14(11)19)25-10-24-15/h1-3,6-9H,4-5,10H2,(H,21,22)/b20-9+. The Kier molecular flexibility index (Phi) is 5.78. The minimum Gasteiger partial charge on any atom is -0.493 e. The van der Waals surface area contributed by atoms with Gasteiger partial charge in [-0.25, -0.2) is 5.43 Å². The molecule has 1 aliphatic rings. The highest BCUT2D eigenvalue weighted by Gasteiger charge is 2.15. The zero-order valence-electron chi connectivity index (χ0n) is 13.0. The van der Waals surface area contributed by atoms with Crippen molar-refractivity contribution in [3.8, 4) is 17.2 Å². The number of hydrogen-bond acceptors (Lipinski definition) is 5. The molecule has 0 atom stereocenters. The molecular formula is C17H14BrClN2O4. The molecule has 0 aromatic heterocycles. The van der Waals surface area contributed by atoms with Crippen LogP contribution in [0.25, 0.3) is 0 Å². The molecule has 0 aliphatic carbocycles. The molecule has 1 aliphatic heterocycles. The fourth-order valence-electron chi connectivity index (χ4n) is 2.08. The van der Waals surface area contributed by atoms with E-state index in [9.17, 15) is 4.79 Å². The van der Waals surface area contributed by atoms with Crippen LogP contribution in [-0.2, 0) is 4.79 Å². The van der Waals surface area contributed by atoms with E-state index in [1.165, 1.54) is 6.21 Å². The normalized spacial score (nSPS) is 12.4. The summed E-state index contributed by atoms with van der Waals surface area (Å²) in [6.45, 7) is 0.420. The van der Waals surface area contributed by atoms with Gasteiger partial charge < -0.3 is 14.2 Å². The number of ether oxygens (including phenoxy) is 3. The Labute approximate surface area is 157 Å². The van der Waals surface area contributed by atoms with Gasteiger partial charge in [-0.3, -0.25) is 4.79 Å². The summed E-state index contributed by atoms with van der Waals surface area (Å²) >= 11 is 9.48. The molecular weight excluding hydrogens is 412 g/mol. The quantitative estimate of drug-likeness (QED) is 0.565. The van der Waals surface area contributed by atoms with Gasteiger partial charge in [0.15, 0.2) is 11.5 Å². The van der Waals surface area contributed by atoms with E-state index in [0.717, 1.165) is 4.47 Å². The maximum atomic E-state index is 11.8. The maximum Gasteiger partial charge on any atom is 0.243 e. The number of fused-ring (bicyclic) bond motifs is 1. The van der Waals surface area contributed by atoms with E-state index in [1.54, 1.807) is 12.1 Å². The molecule has 3 rings (SSSR count). The molecule has 1 N–H and O–H groups in total. The second-order valence-electron chi connectivity index (χ2n) is 5.08. The van der Waals surface area contributed by atoms with Crippen molar-refractivity contribution in [2.75, 3.05) is 13.4 Å². The van der Waals surface area contributed by atoms with Crippen LogP contribution in [0, 0.1) is 0 Å². The summed E-state index contributed by atoms with van der Waals surface area (Å²) in [7, 11) is 0. The summed E-state index contributed by atoms with van der Waals surface area (Å²) in [5, 5.41) is 4.36. The molecule has 1 amide bonds. The Bertz CT molecular complexity index is 813. The first-order chi connectivity index (χ1) is 12.1. The molecule has 2 aromatic rings. The fourth-order valence-corrected chi connectivity index (χ4v) is 2.66. The van der Waals surface area contributed by atoms with Crippen molar-refractivity contribution in [2.45, 2.75) is 6.42 Å². The Morgan fingerprint density at radius 2 is 2.12 bits per heavy atom. The number of amides is 1. The lowest BCUT2D eigenvalue weighted by atomic mass is 10.2. The molecule has 0 fully saturated rings. The van der Waals surface area contributed by atoms with Crippen molar-refractivity contribution in [1.29, 1.82) is 0 Å². The first-order valence-electron chi connectivity index (χ1n) is 7.41. The largest absolute Gasteiger partial charge is 0.493 e. The van der Waals surface area contributed by atoms with E-state index < -0.39 is 0 Å². The molecule has 25 heavy (non-hydrogen) atoms. The number of carbonyl (C=O) groups is 1. The molecule has 6 nitrogen and oxygen atoms in total. The first kappa shape index (κ1) is 17.6. The van der Waals surface area contributed by atoms with E-state index in [-0.39, 0.29) is 25.7 Å². The van der Waals surface area contributed by atoms with Gasteiger partial charge in [-0.2, -0.15) is 5.10 Å². The lowest BCUT2D eigenvalue weighted by molar-refractivity contribution is -0.121. The number of nitrogens with zero attached hydrogens (tertiary/aromatic N) is 1. The smallest absolute Gasteiger partial charge is 0.243 e. The molecule has 0 saturated heterocycles. The molecule has 1 heterocycles. The molecule has 0 unspecified atom stereocenters. The minimum absolute atomic E-state index is 0.168. The Balaban J connectivity index is 1.46. The van der Waals surface area contributed by atoms with Crippen LogP contribution in [0.1, 0.15) is 12.0 Å². The second-order valence-corrected chi connectivity index (χ2v) is 6.40. The molecule has 0 saturated carbocycles. The van der Waals surface area contributed by atoms with Gasteiger partial charge in [-0.1, -0.05) is 33.6 Å². The Morgan fingerprint density at radius 1 is 1.32 bits per heavy atom. The van der Waals surface area contributed by atoms with E-state index in [2.05, 4.69) is 26.5 Å². The van der Waals surface area contributed by atoms with Crippen LogP contribution in [0.2, 0.25) is 5.02 Å². The summed E-state index contributed by atoms with van der Waals surface area (Å²) in [5.74, 6) is 1.62. The van der Waals surface area contributed by atoms with Crippen molar-refractivity contribution in [2.24, 2.45) is 5.10 Å². The topological polar surface area (TPSA) is 69.2 Å². The lowest BCUT2D eigenvalue weighted by Gasteiger charge is -2.05. The van der Waals surface area contributed by atoms with Crippen LogP contribution in [0.3, 0.4) is 0 Å². The SMILES string of the molecule is O=C(CCOc1cccc(Br)c1)N/N=C/c1cc2c(cc1Cl)OCO2. The van der Waals surface area contributed by atoms with Crippen molar-refractivity contribution >= 4 is 39.7 Å². The van der Waals surface area contributed by atoms with Gasteiger partial charge in [0.05, 0.1) is 24.3 Å². The highest BCUT2D eigenvalue weighted by Crippen LogP contribution is 2.36. The number of benzene rings is 2. The van der Waals surface area contributed by atoms with Gasteiger partial charge in [-0.15, -0.1) is 0 Å². The average molecular weight is 426 g/mol. The number of carbonyl (C=O) groups excluding carboxylic acids is 1. The number of hydrogen-bond donors (Lipinski definition) is 1. The van der Waals surface area contributed by atoms with Crippen LogP contribution in [0.15, 0.2) is 46.0 Å². The number of rotatable bonds is 6. The van der Waals surface area contributed by atoms with Crippen molar-refractivity contribution in [3.05, 3.63) is 51.5 Å². The second kappa shape index (κ2) is 8.22. The molecule has 2 aromatic carbocycles. The number of hydrazone groups is 1. The summed E-state index contributed by atoms with van der Waals surface area (Å²) in [6, 6.07) is 10.8. The number of nitrogens with one attached hydrogen (secondary N) is 1. The third-order valence-electron chi connectivity index (χ3n) is 3.28. The number of halogens is 2. The average Bonchev–Trinajstić information content (AvgIpc) is 3.02. The summed E-state index contributed by atoms with van der Waals surface area (Å²) < 4.78 is 16.9. The fraction of sp³-hybridized carbons (Fsp3) is 0.176. The summed E-state index contributed by atoms with van der Waals surface area (Å²) in [4.78, 5) is 11.8. The van der Waals surface area contributed by atoms with Crippen molar-refractivity contribution in [3.63, 3.8) is 0 Å². The lowest BCUT2D eigenvalue weighted by Crippen LogP contribution is -2.20. The van der Waals surface area contributed by atoms with Crippen LogP contribution in [0.4, 0.5) is 0 Å². The first-order valence-corrected chi connectivity index (χ1v) is 8.58. The molecule has 0 spiro atoms. The van der Waals surface area contributed by atoms with E-state index in [4.69, 9.17) is 25.8 Å². The zero-order chi connectivity index (χ0) is 17.6. The van der Waals surface area contributed by atoms with Crippen LogP contribution in [-0.4, -0.2) is 25.5 Å². The van der Waals surface area contributed by atoms with Gasteiger partial charge in [-0.05, 0) is 24.3 Å². The van der Waals surface area contributed by atoms with E-state index >= 15 is 0 Å². The summed E-state index contributed by atoms with van der Waals surface area (Å²) in [5.41, 5.74) is 3.06. The maximum absolute atomic E-state index is 11.8. The van der Waals surface area contributed by atoms with Gasteiger partial charge in [0.1, 0.15) is 5.75 Å². The molecule has 130 valence electrons. The molecule has 0 bridgehead atoms. The highest BCUT2D eigenvalue weighted by molar-refractivity contribution is 9.10. The van der Waals surface area contributed by atoms with E-state index in [1.807, 2.05) is 24.3 Å². The monoisotopic (exact) mass is 424 g/mol. The van der Waals surface area contributed by atoms with Crippen molar-refractivity contribution < 1.29 is 19.0 Å². The molecule has 8 heteroatoms. The van der Waals surface area contributed by atoms with E-state index in [0.29, 0.717) is 27.8 Å². The van der Waals surface area contributed by atoms with Crippen LogP contribution >= 0.6 is 27.5 Å². The van der Waals surface area contributed by atoms with Gasteiger partial charge >= 0.3 is 0 Å². The van der Waals surface area contributed by atoms with Gasteiger partial charge in [0, 0.05) is 16.1 Å². The van der Waals surface area contributed by atoms with Crippen LogP contribution in [0.5, 0.6) is 17.2 Å². The third-order valence-corrected chi connectivity index (χ3v) is 4.10. The Hall–Kier alpha value is -2.25. The highest BCUT2D eigenvalue weighted by atomic mass is 79.9. The van der Waals surface area contributed by atoms with Crippen LogP contribution < -0.4 is 19.6 Å².